The van der Waals surface area contributed by atoms with Crippen LogP contribution in [-0.4, -0.2) is 40.6 Å². The number of hydrogen-bond donors (Lipinski definition) is 2. The molecule has 10 heteroatoms. The molecule has 2 rings (SSSR count). The highest BCUT2D eigenvalue weighted by atomic mass is 32.2. The first-order valence-corrected chi connectivity index (χ1v) is 10.2. The van der Waals surface area contributed by atoms with Crippen molar-refractivity contribution in [3.63, 3.8) is 0 Å². The maximum absolute atomic E-state index is 12.6. The van der Waals surface area contributed by atoms with Gasteiger partial charge in [-0.15, -0.1) is 11.3 Å². The van der Waals surface area contributed by atoms with Crippen LogP contribution in [0.3, 0.4) is 0 Å². The molecule has 1 amide bonds. The molecular formula is C17H20N2O6S2. The lowest BCUT2D eigenvalue weighted by molar-refractivity contribution is 0.0607. The number of anilines is 1. The molecule has 146 valence electrons. The van der Waals surface area contributed by atoms with Gasteiger partial charge in [0.25, 0.3) is 5.91 Å². The summed E-state index contributed by atoms with van der Waals surface area (Å²) >= 11 is 1.12. The fraction of sp³-hybridized carbons (Fsp3) is 0.294. The van der Waals surface area contributed by atoms with Gasteiger partial charge in [0.05, 0.1) is 19.9 Å². The van der Waals surface area contributed by atoms with E-state index in [0.29, 0.717) is 0 Å². The monoisotopic (exact) mass is 412 g/mol. The van der Waals surface area contributed by atoms with Gasteiger partial charge >= 0.3 is 5.97 Å². The van der Waals surface area contributed by atoms with Gasteiger partial charge in [0.1, 0.15) is 15.5 Å². The molecule has 0 saturated heterocycles. The molecule has 2 N–H and O–H groups in total. The Balaban J connectivity index is 2.37. The fourth-order valence-corrected chi connectivity index (χ4v) is 4.47. The van der Waals surface area contributed by atoms with Gasteiger partial charge < -0.3 is 14.8 Å². The Bertz CT molecular complexity index is 950. The van der Waals surface area contributed by atoms with E-state index in [1.165, 1.54) is 32.4 Å². The van der Waals surface area contributed by atoms with Gasteiger partial charge in [-0.2, -0.15) is 0 Å². The average molecular weight is 412 g/mol. The number of nitrogens with one attached hydrogen (secondary N) is 2. The highest BCUT2D eigenvalue weighted by Crippen LogP contribution is 2.27. The van der Waals surface area contributed by atoms with E-state index in [0.717, 1.165) is 11.3 Å². The predicted octanol–water partition coefficient (Wildman–Crippen LogP) is 2.48. The van der Waals surface area contributed by atoms with Crippen LogP contribution in [0, 0.1) is 0 Å². The van der Waals surface area contributed by atoms with Gasteiger partial charge in [-0.25, -0.2) is 17.9 Å². The van der Waals surface area contributed by atoms with Crippen molar-refractivity contribution in [2.24, 2.45) is 0 Å². The van der Waals surface area contributed by atoms with Crippen molar-refractivity contribution >= 4 is 38.9 Å². The molecule has 0 aliphatic rings. The molecule has 0 atom stereocenters. The van der Waals surface area contributed by atoms with E-state index in [1.807, 2.05) is 0 Å². The van der Waals surface area contributed by atoms with Crippen LogP contribution in [0.15, 0.2) is 34.5 Å². The number of ether oxygens (including phenoxy) is 2. The van der Waals surface area contributed by atoms with E-state index >= 15 is 0 Å². The highest BCUT2D eigenvalue weighted by molar-refractivity contribution is 7.89. The van der Waals surface area contributed by atoms with Crippen LogP contribution in [0.5, 0.6) is 5.75 Å². The van der Waals surface area contributed by atoms with Gasteiger partial charge in [-0.1, -0.05) is 0 Å². The summed E-state index contributed by atoms with van der Waals surface area (Å²) in [6, 6.07) is 5.30. The van der Waals surface area contributed by atoms with Crippen LogP contribution < -0.4 is 14.8 Å². The number of thiophene rings is 1. The number of carbonyl (C=O) groups is 2. The van der Waals surface area contributed by atoms with Crippen LogP contribution >= 0.6 is 11.3 Å². The number of esters is 1. The van der Waals surface area contributed by atoms with Crippen molar-refractivity contribution in [3.05, 3.63) is 40.1 Å². The zero-order valence-corrected chi connectivity index (χ0v) is 16.9. The first kappa shape index (κ1) is 20.9. The number of rotatable bonds is 7. The third kappa shape index (κ3) is 4.85. The van der Waals surface area contributed by atoms with Crippen molar-refractivity contribution in [2.45, 2.75) is 24.8 Å². The fourth-order valence-electron chi connectivity index (χ4n) is 2.25. The lowest BCUT2D eigenvalue weighted by atomic mass is 10.2. The smallest absolute Gasteiger partial charge is 0.350 e. The van der Waals surface area contributed by atoms with Crippen LogP contribution in [0.2, 0.25) is 0 Å². The Labute approximate surface area is 161 Å². The third-order valence-corrected chi connectivity index (χ3v) is 5.96. The number of benzene rings is 1. The predicted molar refractivity (Wildman–Crippen MR) is 102 cm³/mol. The molecule has 0 unspecified atom stereocenters. The lowest BCUT2D eigenvalue weighted by Gasteiger charge is -2.14. The molecule has 1 heterocycles. The first-order chi connectivity index (χ1) is 12.7. The Kier molecular flexibility index (Phi) is 6.58. The van der Waals surface area contributed by atoms with Gasteiger partial charge in [0, 0.05) is 11.6 Å². The van der Waals surface area contributed by atoms with Gasteiger partial charge in [0.2, 0.25) is 10.0 Å². The second kappa shape index (κ2) is 8.51. The van der Waals surface area contributed by atoms with E-state index in [4.69, 9.17) is 4.74 Å². The third-order valence-electron chi connectivity index (χ3n) is 3.39. The molecular weight excluding hydrogens is 392 g/mol. The Morgan fingerprint density at radius 2 is 1.85 bits per heavy atom. The Hall–Kier alpha value is -2.43. The molecule has 27 heavy (non-hydrogen) atoms. The van der Waals surface area contributed by atoms with E-state index in [1.54, 1.807) is 25.3 Å². The Morgan fingerprint density at radius 3 is 2.44 bits per heavy atom. The number of sulfonamides is 1. The maximum atomic E-state index is 12.6. The maximum Gasteiger partial charge on any atom is 0.350 e. The molecule has 2 aromatic rings. The number of hydrogen-bond acceptors (Lipinski definition) is 7. The van der Waals surface area contributed by atoms with Crippen molar-refractivity contribution < 1.29 is 27.5 Å². The van der Waals surface area contributed by atoms with Gasteiger partial charge in [-0.05, 0) is 43.5 Å². The van der Waals surface area contributed by atoms with Crippen LogP contribution in [0.25, 0.3) is 0 Å². The molecule has 0 bridgehead atoms. The van der Waals surface area contributed by atoms with Crippen LogP contribution in [-0.2, 0) is 14.8 Å². The van der Waals surface area contributed by atoms with Crippen LogP contribution in [0.4, 0.5) is 5.69 Å². The number of amides is 1. The van der Waals surface area contributed by atoms with E-state index in [-0.39, 0.29) is 32.8 Å². The number of methoxy groups -OCH3 is 2. The molecule has 1 aromatic heterocycles. The summed E-state index contributed by atoms with van der Waals surface area (Å²) in [6.45, 7) is 3.37. The zero-order valence-electron chi connectivity index (χ0n) is 15.2. The second-order valence-corrected chi connectivity index (χ2v) is 8.35. The molecule has 0 fully saturated rings. The average Bonchev–Trinajstić information content (AvgIpc) is 3.07. The zero-order chi connectivity index (χ0) is 20.2. The second-order valence-electron chi connectivity index (χ2n) is 5.75. The normalized spacial score (nSPS) is 11.3. The summed E-state index contributed by atoms with van der Waals surface area (Å²) in [7, 11) is -1.28. The lowest BCUT2D eigenvalue weighted by Crippen LogP contribution is -2.30. The molecule has 0 spiro atoms. The molecule has 0 saturated carbocycles. The minimum absolute atomic E-state index is 0.0990. The van der Waals surface area contributed by atoms with E-state index in [9.17, 15) is 18.0 Å². The summed E-state index contributed by atoms with van der Waals surface area (Å²) in [5.74, 6) is -1.02. The first-order valence-electron chi connectivity index (χ1n) is 7.87. The quantitative estimate of drug-likeness (QED) is 0.676. The summed E-state index contributed by atoms with van der Waals surface area (Å²) in [5.41, 5.74) is 0.388. The largest absolute Gasteiger partial charge is 0.495 e. The highest BCUT2D eigenvalue weighted by Gasteiger charge is 2.23. The van der Waals surface area contributed by atoms with Crippen molar-refractivity contribution in [1.82, 2.24) is 4.72 Å². The molecule has 0 aliphatic carbocycles. The number of carbonyl (C=O) groups excluding carboxylic acids is 2. The van der Waals surface area contributed by atoms with Gasteiger partial charge in [-0.3, -0.25) is 4.79 Å². The summed E-state index contributed by atoms with van der Waals surface area (Å²) in [4.78, 5) is 24.4. The topological polar surface area (TPSA) is 111 Å². The summed E-state index contributed by atoms with van der Waals surface area (Å²) in [6.07, 6.45) is 0. The minimum Gasteiger partial charge on any atom is -0.495 e. The standard InChI is InChI=1S/C17H20N2O6S2/c1-10(2)19-27(22,23)14-9-11(5-6-13(14)24-3)16(20)18-12-7-8-26-15(12)17(21)25-4/h5-10,19H,1-4H3,(H,18,20). The van der Waals surface area contributed by atoms with E-state index < -0.39 is 21.9 Å². The van der Waals surface area contributed by atoms with Crippen molar-refractivity contribution in [1.29, 1.82) is 0 Å². The van der Waals surface area contributed by atoms with Crippen molar-refractivity contribution in [3.8, 4) is 5.75 Å². The molecule has 0 aliphatic heterocycles. The minimum atomic E-state index is -3.87. The molecule has 8 nitrogen and oxygen atoms in total. The van der Waals surface area contributed by atoms with Gasteiger partial charge in [0.15, 0.2) is 0 Å². The molecule has 1 aromatic carbocycles. The Morgan fingerprint density at radius 1 is 1.15 bits per heavy atom. The summed E-state index contributed by atoms with van der Waals surface area (Å²) < 4.78 is 37.3. The molecule has 0 radical (unpaired) electrons. The van der Waals surface area contributed by atoms with Crippen LogP contribution in [0.1, 0.15) is 33.9 Å². The SMILES string of the molecule is COC(=O)c1sccc1NC(=O)c1ccc(OC)c(S(=O)(=O)NC(C)C)c1. The van der Waals surface area contributed by atoms with E-state index in [2.05, 4.69) is 14.8 Å². The van der Waals surface area contributed by atoms with Crippen molar-refractivity contribution in [2.75, 3.05) is 19.5 Å². The summed E-state index contributed by atoms with van der Waals surface area (Å²) in [5, 5.41) is 4.23.